The molecule has 2 aromatic heterocycles. The van der Waals surface area contributed by atoms with Crippen molar-refractivity contribution < 1.29 is 17.9 Å². The molecule has 2 N–H and O–H groups in total. The molecule has 0 aliphatic heterocycles. The number of aryl methyl sites for hydroxylation is 1. The van der Waals surface area contributed by atoms with Crippen molar-refractivity contribution in [1.29, 1.82) is 0 Å². The summed E-state index contributed by atoms with van der Waals surface area (Å²) < 4.78 is 36.1. The Hall–Kier alpha value is -3.04. The van der Waals surface area contributed by atoms with Crippen LogP contribution in [0.25, 0.3) is 32.4 Å². The molecule has 0 fully saturated rings. The average molecular weight is 532 g/mol. The van der Waals surface area contributed by atoms with Crippen LogP contribution in [0.4, 0.5) is 5.69 Å². The molecule has 34 heavy (non-hydrogen) atoms. The minimum absolute atomic E-state index is 0.000389. The van der Waals surface area contributed by atoms with Crippen LogP contribution in [0.1, 0.15) is 5.56 Å². The van der Waals surface area contributed by atoms with Crippen molar-refractivity contribution >= 4 is 71.3 Å². The third-order valence-corrected chi connectivity index (χ3v) is 8.30. The molecule has 0 aliphatic carbocycles. The highest BCUT2D eigenvalue weighted by molar-refractivity contribution is 7.93. The minimum atomic E-state index is -4.16. The molecule has 3 aromatic carbocycles. The maximum atomic E-state index is 13.5. The van der Waals surface area contributed by atoms with Gasteiger partial charge in [-0.1, -0.05) is 35.3 Å². The lowest BCUT2D eigenvalue weighted by Gasteiger charge is -2.13. The van der Waals surface area contributed by atoms with Crippen LogP contribution < -0.4 is 10.2 Å². The Balaban J connectivity index is 1.72. The first-order chi connectivity index (χ1) is 16.2. The molecule has 5 rings (SSSR count). The van der Waals surface area contributed by atoms with Gasteiger partial charge in [0, 0.05) is 26.7 Å². The van der Waals surface area contributed by atoms with E-state index < -0.39 is 15.5 Å². The number of benzene rings is 3. The molecule has 0 amide bonds. The number of fused-ring (bicyclic) bond motifs is 2. The van der Waals surface area contributed by atoms with Gasteiger partial charge in [0.2, 0.25) is 0 Å². The zero-order valence-corrected chi connectivity index (χ0v) is 20.6. The molecule has 0 saturated carbocycles. The zero-order valence-electron chi connectivity index (χ0n) is 17.4. The number of phenols is 1. The van der Waals surface area contributed by atoms with Gasteiger partial charge in [-0.3, -0.25) is 9.52 Å². The molecule has 0 atom stereocenters. The van der Waals surface area contributed by atoms with Crippen molar-refractivity contribution in [2.75, 3.05) is 4.72 Å². The van der Waals surface area contributed by atoms with Gasteiger partial charge in [-0.15, -0.1) is 11.3 Å². The van der Waals surface area contributed by atoms with E-state index in [9.17, 15) is 18.3 Å². The molecule has 0 spiro atoms. The van der Waals surface area contributed by atoms with Gasteiger partial charge in [-0.2, -0.15) is 0 Å². The molecule has 0 radical (unpaired) electrons. The van der Waals surface area contributed by atoms with Crippen molar-refractivity contribution in [2.45, 2.75) is 11.8 Å². The van der Waals surface area contributed by atoms with Crippen LogP contribution in [0.2, 0.25) is 10.0 Å². The molecule has 0 unspecified atom stereocenters. The average Bonchev–Trinajstić information content (AvgIpc) is 3.15. The monoisotopic (exact) mass is 531 g/mol. The highest BCUT2D eigenvalue weighted by atomic mass is 35.5. The number of phenolic OH excluding ortho intramolecular Hbond substituents is 1. The number of halogens is 2. The zero-order chi connectivity index (χ0) is 24.2. The normalized spacial score (nSPS) is 11.9. The lowest BCUT2D eigenvalue weighted by atomic mass is 10.1. The second kappa shape index (κ2) is 8.32. The molecule has 0 bridgehead atoms. The first kappa shape index (κ1) is 22.7. The second-order valence-corrected chi connectivity index (χ2v) is 11.0. The van der Waals surface area contributed by atoms with Gasteiger partial charge in [0.15, 0.2) is 11.0 Å². The highest BCUT2D eigenvalue weighted by Gasteiger charge is 2.24. The van der Waals surface area contributed by atoms with Crippen LogP contribution in [0.15, 0.2) is 74.1 Å². The molecule has 6 nitrogen and oxygen atoms in total. The van der Waals surface area contributed by atoms with Gasteiger partial charge < -0.3 is 9.52 Å². The van der Waals surface area contributed by atoms with Crippen molar-refractivity contribution in [1.82, 2.24) is 0 Å². The van der Waals surface area contributed by atoms with E-state index in [1.54, 1.807) is 30.3 Å². The molecule has 10 heteroatoms. The summed E-state index contributed by atoms with van der Waals surface area (Å²) in [4.78, 5) is 12.9. The molecule has 5 aromatic rings. The van der Waals surface area contributed by atoms with Crippen molar-refractivity contribution in [2.24, 2.45) is 0 Å². The summed E-state index contributed by atoms with van der Waals surface area (Å²) >= 11 is 13.8. The number of hydrogen-bond acceptors (Lipinski definition) is 6. The largest absolute Gasteiger partial charge is 0.507 e. The van der Waals surface area contributed by atoms with Crippen molar-refractivity contribution in [3.63, 3.8) is 0 Å². The number of rotatable bonds is 4. The van der Waals surface area contributed by atoms with Gasteiger partial charge in [-0.25, -0.2) is 8.42 Å². The Bertz CT molecular complexity index is 1770. The van der Waals surface area contributed by atoms with Crippen LogP contribution in [0, 0.1) is 6.92 Å². The fourth-order valence-electron chi connectivity index (χ4n) is 3.78. The van der Waals surface area contributed by atoms with Gasteiger partial charge in [0.1, 0.15) is 16.9 Å². The first-order valence-electron chi connectivity index (χ1n) is 9.90. The maximum absolute atomic E-state index is 13.5. The standard InChI is InChI=1S/C24H15Cl2NO5S2/c1-12-11-33-20-8-13(25)9-21(22(12)20)34(30,31)27-16-6-7-17(28)23-18(29)10-19(32-24(16)23)14-4-2-3-5-15(14)26/h2-11,27-28H,1H3. The first-order valence-corrected chi connectivity index (χ1v) is 13.0. The second-order valence-electron chi connectivity index (χ2n) is 7.59. The number of nitrogens with one attached hydrogen (secondary N) is 1. The van der Waals surface area contributed by atoms with Crippen molar-refractivity contribution in [3.8, 4) is 17.1 Å². The topological polar surface area (TPSA) is 96.6 Å². The number of anilines is 1. The molecule has 2 heterocycles. The summed E-state index contributed by atoms with van der Waals surface area (Å²) in [5.41, 5.74) is 0.561. The summed E-state index contributed by atoms with van der Waals surface area (Å²) in [6.45, 7) is 1.82. The molecular weight excluding hydrogens is 517 g/mol. The van der Waals surface area contributed by atoms with Crippen LogP contribution in [-0.4, -0.2) is 13.5 Å². The minimum Gasteiger partial charge on any atom is -0.507 e. The Labute approximate surface area is 208 Å². The Morgan fingerprint density at radius 2 is 1.79 bits per heavy atom. The Morgan fingerprint density at radius 1 is 1.03 bits per heavy atom. The summed E-state index contributed by atoms with van der Waals surface area (Å²) in [6, 6.07) is 13.6. The van der Waals surface area contributed by atoms with E-state index in [1.165, 1.54) is 35.6 Å². The van der Waals surface area contributed by atoms with E-state index in [2.05, 4.69) is 4.72 Å². The lowest BCUT2D eigenvalue weighted by molar-refractivity contribution is 0.480. The van der Waals surface area contributed by atoms with Crippen molar-refractivity contribution in [3.05, 3.63) is 85.8 Å². The van der Waals surface area contributed by atoms with E-state index >= 15 is 0 Å². The summed E-state index contributed by atoms with van der Waals surface area (Å²) in [5.74, 6) is -0.204. The summed E-state index contributed by atoms with van der Waals surface area (Å²) in [7, 11) is -4.16. The van der Waals surface area contributed by atoms with E-state index in [0.717, 1.165) is 10.3 Å². The van der Waals surface area contributed by atoms with Gasteiger partial charge >= 0.3 is 0 Å². The van der Waals surface area contributed by atoms with E-state index in [-0.39, 0.29) is 38.1 Å². The lowest BCUT2D eigenvalue weighted by Crippen LogP contribution is -2.14. The fourth-order valence-corrected chi connectivity index (χ4v) is 6.81. The number of sulfonamides is 1. The van der Waals surface area contributed by atoms with Crippen LogP contribution >= 0.6 is 34.5 Å². The number of hydrogen-bond donors (Lipinski definition) is 2. The van der Waals surface area contributed by atoms with Crippen LogP contribution in [-0.2, 0) is 10.0 Å². The highest BCUT2D eigenvalue weighted by Crippen LogP contribution is 2.38. The van der Waals surface area contributed by atoms with E-state index in [0.29, 0.717) is 16.0 Å². The smallest absolute Gasteiger partial charge is 0.262 e. The Morgan fingerprint density at radius 3 is 2.56 bits per heavy atom. The fraction of sp³-hybridized carbons (Fsp3) is 0.0417. The predicted molar refractivity (Wildman–Crippen MR) is 137 cm³/mol. The van der Waals surface area contributed by atoms with Gasteiger partial charge in [-0.05, 0) is 54.3 Å². The molecule has 172 valence electrons. The third-order valence-electron chi connectivity index (χ3n) is 5.32. The molecular formula is C24H15Cl2NO5S2. The summed E-state index contributed by atoms with van der Waals surface area (Å²) in [5, 5.41) is 13.2. The number of aromatic hydroxyl groups is 1. The SMILES string of the molecule is Cc1csc2cc(Cl)cc(S(=O)(=O)Nc3ccc(O)c4c(=O)cc(-c5ccccc5Cl)oc34)c12. The predicted octanol–water partition coefficient (Wildman–Crippen LogP) is 6.80. The summed E-state index contributed by atoms with van der Waals surface area (Å²) in [6.07, 6.45) is 0. The van der Waals surface area contributed by atoms with E-state index in [4.69, 9.17) is 27.6 Å². The maximum Gasteiger partial charge on any atom is 0.262 e. The molecule has 0 aliphatic rings. The molecule has 0 saturated heterocycles. The van der Waals surface area contributed by atoms with Gasteiger partial charge in [0.25, 0.3) is 10.0 Å². The quantitative estimate of drug-likeness (QED) is 0.248. The van der Waals surface area contributed by atoms with Gasteiger partial charge in [0.05, 0.1) is 15.6 Å². The third kappa shape index (κ3) is 3.82. The Kier molecular flexibility index (Phi) is 5.56. The van der Waals surface area contributed by atoms with Crippen LogP contribution in [0.5, 0.6) is 5.75 Å². The number of thiophene rings is 1. The van der Waals surface area contributed by atoms with E-state index in [1.807, 2.05) is 12.3 Å². The van der Waals surface area contributed by atoms with Crippen LogP contribution in [0.3, 0.4) is 0 Å².